The second-order valence-electron chi connectivity index (χ2n) is 4.29. The van der Waals surface area contributed by atoms with Crippen LogP contribution in [0.4, 0.5) is 0 Å². The van der Waals surface area contributed by atoms with E-state index in [1.54, 1.807) is 0 Å². The first kappa shape index (κ1) is 6.45. The Kier molecular flexibility index (Phi) is 1.07. The van der Waals surface area contributed by atoms with Crippen LogP contribution in [0.2, 0.25) is 0 Å². The lowest BCUT2D eigenvalue weighted by atomic mass is 10.2. The zero-order valence-corrected chi connectivity index (χ0v) is 7.15. The summed E-state index contributed by atoms with van der Waals surface area (Å²) in [7, 11) is 0. The lowest BCUT2D eigenvalue weighted by Gasteiger charge is -1.87. The molecule has 0 bridgehead atoms. The Hall–Kier alpha value is -0.260. The fourth-order valence-corrected chi connectivity index (χ4v) is 2.34. The number of hydrogen-bond acceptors (Lipinski definition) is 0. The van der Waals surface area contributed by atoms with Gasteiger partial charge in [-0.05, 0) is 43.9 Å². The lowest BCUT2D eigenvalue weighted by molar-refractivity contribution is 0.766. The van der Waals surface area contributed by atoms with Crippen LogP contribution in [-0.4, -0.2) is 0 Å². The molecule has 56 valence electrons. The molecule has 0 heteroatoms. The summed E-state index contributed by atoms with van der Waals surface area (Å²) in [6.45, 7) is 6.82. The fraction of sp³-hybridized carbons (Fsp3) is 0.800. The predicted octanol–water partition coefficient (Wildman–Crippen LogP) is 3.00. The van der Waals surface area contributed by atoms with E-state index in [2.05, 4.69) is 26.8 Å². The van der Waals surface area contributed by atoms with E-state index in [0.717, 1.165) is 17.3 Å². The van der Waals surface area contributed by atoms with Gasteiger partial charge >= 0.3 is 0 Å². The topological polar surface area (TPSA) is 0 Å². The average molecular weight is 136 g/mol. The van der Waals surface area contributed by atoms with Crippen molar-refractivity contribution in [2.24, 2.45) is 17.3 Å². The highest BCUT2D eigenvalue weighted by Gasteiger charge is 2.67. The van der Waals surface area contributed by atoms with E-state index in [0.29, 0.717) is 0 Å². The first-order chi connectivity index (χ1) is 4.67. The first-order valence-electron chi connectivity index (χ1n) is 4.32. The number of hydrogen-bond donors (Lipinski definition) is 0. The molecule has 0 N–H and O–H groups in total. The molecule has 2 aliphatic rings. The quantitative estimate of drug-likeness (QED) is 0.486. The Labute approximate surface area is 63.3 Å². The molecular formula is C10H16. The minimum absolute atomic E-state index is 0.831. The molecule has 0 aromatic carbocycles. The van der Waals surface area contributed by atoms with Crippen LogP contribution in [0.25, 0.3) is 0 Å². The monoisotopic (exact) mass is 136 g/mol. The third-order valence-electron chi connectivity index (χ3n) is 3.34. The van der Waals surface area contributed by atoms with Crippen molar-refractivity contribution in [2.45, 2.75) is 33.6 Å². The van der Waals surface area contributed by atoms with Gasteiger partial charge in [0.25, 0.3) is 0 Å². The van der Waals surface area contributed by atoms with Gasteiger partial charge in [0, 0.05) is 0 Å². The molecule has 0 aliphatic heterocycles. The van der Waals surface area contributed by atoms with Crippen LogP contribution >= 0.6 is 0 Å². The van der Waals surface area contributed by atoms with Crippen molar-refractivity contribution in [3.05, 3.63) is 11.6 Å². The molecule has 0 aromatic rings. The molecule has 0 aromatic heterocycles. The van der Waals surface area contributed by atoms with Crippen molar-refractivity contribution >= 4 is 0 Å². The largest absolute Gasteiger partial charge is 0.0819 e. The summed E-state index contributed by atoms with van der Waals surface area (Å²) in [4.78, 5) is 0. The van der Waals surface area contributed by atoms with E-state index < -0.39 is 0 Å². The summed E-state index contributed by atoms with van der Waals surface area (Å²) in [6.07, 6.45) is 5.48. The van der Waals surface area contributed by atoms with Crippen LogP contribution in [0.5, 0.6) is 0 Å². The first-order valence-corrected chi connectivity index (χ1v) is 4.32. The highest BCUT2D eigenvalue weighted by Crippen LogP contribution is 2.75. The van der Waals surface area contributed by atoms with Crippen LogP contribution in [-0.2, 0) is 0 Å². The van der Waals surface area contributed by atoms with E-state index in [-0.39, 0.29) is 0 Å². The van der Waals surface area contributed by atoms with Gasteiger partial charge in [-0.25, -0.2) is 0 Å². The predicted molar refractivity (Wildman–Crippen MR) is 43.8 cm³/mol. The highest BCUT2D eigenvalue weighted by molar-refractivity contribution is 5.25. The van der Waals surface area contributed by atoms with E-state index in [1.807, 2.05) is 0 Å². The van der Waals surface area contributed by atoms with Crippen LogP contribution in [0.15, 0.2) is 11.6 Å². The van der Waals surface area contributed by atoms with Crippen LogP contribution in [0.1, 0.15) is 33.6 Å². The molecular weight excluding hydrogens is 120 g/mol. The van der Waals surface area contributed by atoms with Gasteiger partial charge in [-0.15, -0.1) is 0 Å². The maximum atomic E-state index is 2.47. The zero-order chi connectivity index (χ0) is 7.35. The Morgan fingerprint density at radius 1 is 1.40 bits per heavy atom. The van der Waals surface area contributed by atoms with Crippen LogP contribution in [0, 0.1) is 17.3 Å². The summed E-state index contributed by atoms with van der Waals surface area (Å²) in [5.74, 6) is 1.96. The highest BCUT2D eigenvalue weighted by atomic mass is 14.7. The van der Waals surface area contributed by atoms with Crippen molar-refractivity contribution in [3.8, 4) is 0 Å². The Morgan fingerprint density at radius 2 is 2.00 bits per heavy atom. The van der Waals surface area contributed by atoms with Gasteiger partial charge in [0.2, 0.25) is 0 Å². The van der Waals surface area contributed by atoms with Gasteiger partial charge in [0.15, 0.2) is 0 Å². The van der Waals surface area contributed by atoms with Crippen molar-refractivity contribution in [2.75, 3.05) is 0 Å². The van der Waals surface area contributed by atoms with E-state index in [1.165, 1.54) is 18.4 Å². The van der Waals surface area contributed by atoms with Gasteiger partial charge in [-0.1, -0.05) is 18.6 Å². The van der Waals surface area contributed by atoms with E-state index >= 15 is 0 Å². The molecule has 0 nitrogen and oxygen atoms in total. The van der Waals surface area contributed by atoms with Crippen molar-refractivity contribution in [3.63, 3.8) is 0 Å². The zero-order valence-electron chi connectivity index (χ0n) is 7.15. The number of allylic oxidation sites excluding steroid dienone is 2. The molecule has 1 spiro atoms. The normalized spacial score (nSPS) is 39.5. The molecule has 0 saturated heterocycles. The van der Waals surface area contributed by atoms with Gasteiger partial charge in [-0.2, -0.15) is 0 Å². The molecule has 2 fully saturated rings. The van der Waals surface area contributed by atoms with Crippen molar-refractivity contribution < 1.29 is 0 Å². The molecule has 0 amide bonds. The smallest absolute Gasteiger partial charge is 0.0140 e. The third-order valence-corrected chi connectivity index (χ3v) is 3.34. The second-order valence-corrected chi connectivity index (χ2v) is 4.29. The van der Waals surface area contributed by atoms with Gasteiger partial charge in [0.1, 0.15) is 0 Å². The van der Waals surface area contributed by atoms with Crippen molar-refractivity contribution in [1.29, 1.82) is 0 Å². The molecule has 0 heterocycles. The number of rotatable bonds is 1. The molecule has 2 atom stereocenters. The minimum Gasteiger partial charge on any atom is -0.0819 e. The molecule has 2 rings (SSSR count). The fourth-order valence-electron chi connectivity index (χ4n) is 2.34. The average Bonchev–Trinajstić information content (AvgIpc) is 2.67. The van der Waals surface area contributed by atoms with E-state index in [9.17, 15) is 0 Å². The molecule has 2 aliphatic carbocycles. The SMILES string of the molecule is CC(C)=CC1C(C)C12CC2. The summed E-state index contributed by atoms with van der Waals surface area (Å²) in [5.41, 5.74) is 2.33. The molecule has 2 unspecified atom stereocenters. The van der Waals surface area contributed by atoms with Crippen LogP contribution < -0.4 is 0 Å². The van der Waals surface area contributed by atoms with Gasteiger partial charge < -0.3 is 0 Å². The molecule has 10 heavy (non-hydrogen) atoms. The van der Waals surface area contributed by atoms with Gasteiger partial charge in [-0.3, -0.25) is 0 Å². The minimum atomic E-state index is 0.831. The summed E-state index contributed by atoms with van der Waals surface area (Å²) >= 11 is 0. The Bertz CT molecular complexity index is 180. The van der Waals surface area contributed by atoms with Crippen molar-refractivity contribution in [1.82, 2.24) is 0 Å². The summed E-state index contributed by atoms with van der Waals surface area (Å²) in [5, 5.41) is 0. The maximum Gasteiger partial charge on any atom is -0.0140 e. The lowest BCUT2D eigenvalue weighted by Crippen LogP contribution is -1.74. The summed E-state index contributed by atoms with van der Waals surface area (Å²) in [6, 6.07) is 0. The van der Waals surface area contributed by atoms with Gasteiger partial charge in [0.05, 0.1) is 0 Å². The third kappa shape index (κ3) is 0.680. The molecule has 0 radical (unpaired) electrons. The van der Waals surface area contributed by atoms with E-state index in [4.69, 9.17) is 0 Å². The second kappa shape index (κ2) is 1.66. The van der Waals surface area contributed by atoms with Crippen LogP contribution in [0.3, 0.4) is 0 Å². The Morgan fingerprint density at radius 3 is 2.30 bits per heavy atom. The summed E-state index contributed by atoms with van der Waals surface area (Å²) < 4.78 is 0. The standard InChI is InChI=1S/C10H16/c1-7(2)6-9-8(3)10(9)4-5-10/h6,8-9H,4-5H2,1-3H3. The maximum absolute atomic E-state index is 2.47. The Balaban J connectivity index is 2.05. The molecule has 2 saturated carbocycles.